The molecule has 1 atom stereocenters. The van der Waals surface area contributed by atoms with Gasteiger partial charge in [-0.2, -0.15) is 4.31 Å². The third kappa shape index (κ3) is 3.71. The Bertz CT molecular complexity index is 1060. The molecule has 1 fully saturated rings. The van der Waals surface area contributed by atoms with Crippen molar-refractivity contribution in [3.8, 4) is 0 Å². The fourth-order valence-electron chi connectivity index (χ4n) is 3.24. The number of anilines is 2. The fraction of sp³-hybridized carbons (Fsp3) is 0.211. The highest BCUT2D eigenvalue weighted by Gasteiger charge is 2.37. The molecule has 3 aromatic rings. The zero-order valence-electron chi connectivity index (χ0n) is 14.9. The van der Waals surface area contributed by atoms with E-state index in [2.05, 4.69) is 20.3 Å². The van der Waals surface area contributed by atoms with Gasteiger partial charge < -0.3 is 5.32 Å². The van der Waals surface area contributed by atoms with Crippen LogP contribution < -0.4 is 5.32 Å². The van der Waals surface area contributed by atoms with Gasteiger partial charge in [-0.3, -0.25) is 4.98 Å². The molecule has 0 amide bonds. The van der Waals surface area contributed by atoms with E-state index in [1.54, 1.807) is 24.7 Å². The molecule has 1 aromatic carbocycles. The zero-order chi connectivity index (χ0) is 19.6. The van der Waals surface area contributed by atoms with Gasteiger partial charge in [0, 0.05) is 12.7 Å². The minimum Gasteiger partial charge on any atom is -0.324 e. The minimum atomic E-state index is -3.76. The first-order valence-corrected chi connectivity index (χ1v) is 10.3. The van der Waals surface area contributed by atoms with Crippen LogP contribution in [0, 0.1) is 5.82 Å². The molecule has 1 aliphatic rings. The van der Waals surface area contributed by atoms with Crippen LogP contribution in [0.3, 0.4) is 0 Å². The van der Waals surface area contributed by atoms with Gasteiger partial charge in [0.25, 0.3) is 0 Å². The quantitative estimate of drug-likeness (QED) is 0.708. The van der Waals surface area contributed by atoms with E-state index < -0.39 is 21.9 Å². The summed E-state index contributed by atoms with van der Waals surface area (Å²) >= 11 is 0. The van der Waals surface area contributed by atoms with Gasteiger partial charge in [-0.25, -0.2) is 22.8 Å². The minimum absolute atomic E-state index is 0.0662. The Hall–Kier alpha value is -2.91. The molecule has 28 heavy (non-hydrogen) atoms. The van der Waals surface area contributed by atoms with Gasteiger partial charge in [0.15, 0.2) is 0 Å². The van der Waals surface area contributed by atoms with Gasteiger partial charge in [-0.1, -0.05) is 6.07 Å². The molecular formula is C19H18FN5O2S. The molecule has 2 aromatic heterocycles. The Labute approximate surface area is 162 Å². The number of hydrogen-bond donors (Lipinski definition) is 1. The molecule has 0 aliphatic carbocycles. The molecule has 1 saturated heterocycles. The van der Waals surface area contributed by atoms with Crippen molar-refractivity contribution in [1.29, 1.82) is 0 Å². The van der Waals surface area contributed by atoms with Crippen molar-refractivity contribution in [3.63, 3.8) is 0 Å². The Morgan fingerprint density at radius 1 is 1.07 bits per heavy atom. The van der Waals surface area contributed by atoms with Crippen molar-refractivity contribution in [2.45, 2.75) is 23.8 Å². The van der Waals surface area contributed by atoms with E-state index in [1.807, 2.05) is 12.1 Å². The summed E-state index contributed by atoms with van der Waals surface area (Å²) in [7, 11) is -3.76. The Morgan fingerprint density at radius 2 is 1.89 bits per heavy atom. The number of rotatable bonds is 5. The Balaban J connectivity index is 1.61. The molecule has 9 heteroatoms. The predicted octanol–water partition coefficient (Wildman–Crippen LogP) is 3.28. The average Bonchev–Trinajstić information content (AvgIpc) is 3.20. The number of sulfonamides is 1. The monoisotopic (exact) mass is 399 g/mol. The van der Waals surface area contributed by atoms with Crippen LogP contribution in [0.4, 0.5) is 16.0 Å². The maximum Gasteiger partial charge on any atom is 0.243 e. The van der Waals surface area contributed by atoms with E-state index in [0.717, 1.165) is 12.1 Å². The van der Waals surface area contributed by atoms with Crippen molar-refractivity contribution >= 4 is 21.7 Å². The SMILES string of the molecule is O=S(=O)(c1ccc(F)cc1)N1CCCC1c1cncc(Nc2ccccn2)n1. The van der Waals surface area contributed by atoms with Gasteiger partial charge in [0.05, 0.1) is 29.0 Å². The van der Waals surface area contributed by atoms with Crippen molar-refractivity contribution in [2.75, 3.05) is 11.9 Å². The highest BCUT2D eigenvalue weighted by Crippen LogP contribution is 2.35. The highest BCUT2D eigenvalue weighted by atomic mass is 32.2. The van der Waals surface area contributed by atoms with E-state index in [9.17, 15) is 12.8 Å². The highest BCUT2D eigenvalue weighted by molar-refractivity contribution is 7.89. The molecule has 1 N–H and O–H groups in total. The second kappa shape index (κ2) is 7.61. The standard InChI is InChI=1S/C19H18FN5O2S/c20-14-6-8-15(9-7-14)28(26,27)25-11-3-4-17(25)16-12-21-13-19(23-16)24-18-5-1-2-10-22-18/h1-2,5-10,12-13,17H,3-4,11H2,(H,22,23,24). The molecule has 1 unspecified atom stereocenters. The summed E-state index contributed by atoms with van der Waals surface area (Å²) in [6, 6.07) is 9.90. The summed E-state index contributed by atoms with van der Waals surface area (Å²) in [6.07, 6.45) is 6.15. The molecule has 0 bridgehead atoms. The van der Waals surface area contributed by atoms with Gasteiger partial charge in [0.1, 0.15) is 17.5 Å². The maximum absolute atomic E-state index is 13.2. The van der Waals surface area contributed by atoms with Crippen LogP contribution >= 0.6 is 0 Å². The lowest BCUT2D eigenvalue weighted by atomic mass is 10.2. The summed E-state index contributed by atoms with van der Waals surface area (Å²) in [4.78, 5) is 13.0. The number of pyridine rings is 1. The summed E-state index contributed by atoms with van der Waals surface area (Å²) in [5, 5.41) is 3.06. The van der Waals surface area contributed by atoms with E-state index in [-0.39, 0.29) is 4.90 Å². The molecule has 7 nitrogen and oxygen atoms in total. The first-order valence-electron chi connectivity index (χ1n) is 8.81. The molecular weight excluding hydrogens is 381 g/mol. The van der Waals surface area contributed by atoms with Crippen LogP contribution in [0.1, 0.15) is 24.6 Å². The number of hydrogen-bond acceptors (Lipinski definition) is 6. The largest absolute Gasteiger partial charge is 0.324 e. The molecule has 3 heterocycles. The summed E-state index contributed by atoms with van der Waals surface area (Å²) in [5.41, 5.74) is 0.559. The van der Waals surface area contributed by atoms with Crippen molar-refractivity contribution in [3.05, 3.63) is 72.6 Å². The van der Waals surface area contributed by atoms with Crippen LogP contribution in [-0.2, 0) is 10.0 Å². The van der Waals surface area contributed by atoms with Gasteiger partial charge >= 0.3 is 0 Å². The van der Waals surface area contributed by atoms with E-state index in [4.69, 9.17) is 0 Å². The average molecular weight is 399 g/mol. The predicted molar refractivity (Wildman–Crippen MR) is 102 cm³/mol. The summed E-state index contributed by atoms with van der Waals surface area (Å²) in [6.45, 7) is 0.379. The Kier molecular flexibility index (Phi) is 5.01. The maximum atomic E-state index is 13.2. The third-order valence-electron chi connectivity index (χ3n) is 4.54. The molecule has 4 rings (SSSR count). The summed E-state index contributed by atoms with van der Waals surface area (Å²) in [5.74, 6) is 0.634. The molecule has 1 aliphatic heterocycles. The van der Waals surface area contributed by atoms with Crippen molar-refractivity contribution in [2.24, 2.45) is 0 Å². The number of halogens is 1. The van der Waals surface area contributed by atoms with E-state index >= 15 is 0 Å². The second-order valence-electron chi connectivity index (χ2n) is 6.40. The van der Waals surface area contributed by atoms with Crippen molar-refractivity contribution in [1.82, 2.24) is 19.3 Å². The topological polar surface area (TPSA) is 88.1 Å². The van der Waals surface area contributed by atoms with Gasteiger partial charge in [0.2, 0.25) is 10.0 Å². The molecule has 0 saturated carbocycles. The second-order valence-corrected chi connectivity index (χ2v) is 8.29. The van der Waals surface area contributed by atoms with Crippen molar-refractivity contribution < 1.29 is 12.8 Å². The number of nitrogens with one attached hydrogen (secondary N) is 1. The van der Waals surface area contributed by atoms with Crippen LogP contribution in [0.15, 0.2) is 66.0 Å². The first-order chi connectivity index (χ1) is 13.5. The number of benzene rings is 1. The van der Waals surface area contributed by atoms with Crippen LogP contribution in [0.5, 0.6) is 0 Å². The molecule has 0 radical (unpaired) electrons. The smallest absolute Gasteiger partial charge is 0.243 e. The zero-order valence-corrected chi connectivity index (χ0v) is 15.7. The lowest BCUT2D eigenvalue weighted by Gasteiger charge is -2.23. The number of aromatic nitrogens is 3. The normalized spacial score (nSPS) is 17.5. The van der Waals surface area contributed by atoms with Crippen LogP contribution in [0.25, 0.3) is 0 Å². The molecule has 0 spiro atoms. The summed E-state index contributed by atoms with van der Waals surface area (Å²) < 4.78 is 40.7. The number of nitrogens with zero attached hydrogens (tertiary/aromatic N) is 4. The van der Waals surface area contributed by atoms with E-state index in [1.165, 1.54) is 16.4 Å². The first kappa shape index (κ1) is 18.5. The molecule has 144 valence electrons. The fourth-order valence-corrected chi connectivity index (χ4v) is 4.90. The third-order valence-corrected chi connectivity index (χ3v) is 6.46. The lowest BCUT2D eigenvalue weighted by molar-refractivity contribution is 0.390. The van der Waals surface area contributed by atoms with Gasteiger partial charge in [-0.15, -0.1) is 0 Å². The Morgan fingerprint density at radius 3 is 2.64 bits per heavy atom. The van der Waals surface area contributed by atoms with Crippen LogP contribution in [0.2, 0.25) is 0 Å². The van der Waals surface area contributed by atoms with E-state index in [0.29, 0.717) is 36.7 Å². The lowest BCUT2D eigenvalue weighted by Crippen LogP contribution is -2.31. The van der Waals surface area contributed by atoms with Gasteiger partial charge in [-0.05, 0) is 49.2 Å². The van der Waals surface area contributed by atoms with Crippen LogP contribution in [-0.4, -0.2) is 34.2 Å².